The Hall–Kier alpha value is -2.43. The predicted octanol–water partition coefficient (Wildman–Crippen LogP) is 3.69. The van der Waals surface area contributed by atoms with E-state index in [0.29, 0.717) is 11.3 Å². The van der Waals surface area contributed by atoms with Crippen molar-refractivity contribution in [3.05, 3.63) is 54.0 Å². The first kappa shape index (κ1) is 15.0. The number of pyridine rings is 1. The fourth-order valence-corrected chi connectivity index (χ4v) is 1.77. The van der Waals surface area contributed by atoms with Crippen LogP contribution >= 0.6 is 0 Å². The third-order valence-corrected chi connectivity index (χ3v) is 2.96. The molecule has 2 rings (SSSR count). The van der Waals surface area contributed by atoms with Gasteiger partial charge in [-0.05, 0) is 42.8 Å². The van der Waals surface area contributed by atoms with Crippen LogP contribution in [0.3, 0.4) is 0 Å². The second-order valence-corrected chi connectivity index (χ2v) is 4.67. The van der Waals surface area contributed by atoms with Crippen LogP contribution in [0.4, 0.5) is 15.9 Å². The molecule has 0 radical (unpaired) electrons. The summed E-state index contributed by atoms with van der Waals surface area (Å²) < 4.78 is 12.8. The van der Waals surface area contributed by atoms with Crippen LogP contribution in [0.2, 0.25) is 0 Å². The van der Waals surface area contributed by atoms with Crippen molar-refractivity contribution in [3.8, 4) is 0 Å². The number of unbranched alkanes of at least 4 members (excludes halogenated alkanes) is 1. The third-order valence-electron chi connectivity index (χ3n) is 2.96. The van der Waals surface area contributed by atoms with E-state index in [2.05, 4.69) is 22.5 Å². The number of nitrogens with zero attached hydrogens (tertiary/aromatic N) is 1. The Bertz CT molecular complexity index is 581. The number of halogens is 1. The first-order valence-electron chi connectivity index (χ1n) is 6.96. The molecule has 1 amide bonds. The summed E-state index contributed by atoms with van der Waals surface area (Å²) in [7, 11) is 0. The first-order chi connectivity index (χ1) is 10.2. The molecule has 1 aromatic heterocycles. The zero-order chi connectivity index (χ0) is 15.1. The average Bonchev–Trinajstić information content (AvgIpc) is 2.50. The molecule has 21 heavy (non-hydrogen) atoms. The molecule has 0 spiro atoms. The normalized spacial score (nSPS) is 10.2. The van der Waals surface area contributed by atoms with Gasteiger partial charge in [0.15, 0.2) is 0 Å². The summed E-state index contributed by atoms with van der Waals surface area (Å²) in [6.45, 7) is 3.01. The van der Waals surface area contributed by atoms with E-state index >= 15 is 0 Å². The van der Waals surface area contributed by atoms with Gasteiger partial charge in [-0.25, -0.2) is 9.37 Å². The Labute approximate surface area is 123 Å². The third kappa shape index (κ3) is 4.56. The maximum atomic E-state index is 12.8. The van der Waals surface area contributed by atoms with Crippen LogP contribution in [0.25, 0.3) is 0 Å². The maximum absolute atomic E-state index is 12.8. The van der Waals surface area contributed by atoms with E-state index in [4.69, 9.17) is 0 Å². The second kappa shape index (κ2) is 7.38. The van der Waals surface area contributed by atoms with Gasteiger partial charge in [-0.15, -0.1) is 0 Å². The lowest BCUT2D eigenvalue weighted by atomic mass is 10.2. The summed E-state index contributed by atoms with van der Waals surface area (Å²) >= 11 is 0. The van der Waals surface area contributed by atoms with Gasteiger partial charge in [0.2, 0.25) is 0 Å². The number of carbonyl (C=O) groups excluding carboxylic acids is 1. The monoisotopic (exact) mass is 287 g/mol. The number of hydrogen-bond acceptors (Lipinski definition) is 3. The molecule has 5 heteroatoms. The molecule has 0 aliphatic rings. The van der Waals surface area contributed by atoms with Crippen LogP contribution in [0.5, 0.6) is 0 Å². The highest BCUT2D eigenvalue weighted by atomic mass is 19.1. The van der Waals surface area contributed by atoms with Crippen LogP contribution in [-0.2, 0) is 0 Å². The minimum absolute atomic E-state index is 0.288. The van der Waals surface area contributed by atoms with Gasteiger partial charge >= 0.3 is 0 Å². The van der Waals surface area contributed by atoms with E-state index in [9.17, 15) is 9.18 Å². The molecule has 0 unspecified atom stereocenters. The molecule has 0 aliphatic heterocycles. The van der Waals surface area contributed by atoms with Crippen molar-refractivity contribution in [2.45, 2.75) is 19.8 Å². The topological polar surface area (TPSA) is 54.0 Å². The number of amides is 1. The van der Waals surface area contributed by atoms with Gasteiger partial charge in [0.25, 0.3) is 5.91 Å². The largest absolute Gasteiger partial charge is 0.370 e. The lowest BCUT2D eigenvalue weighted by molar-refractivity contribution is 0.102. The highest BCUT2D eigenvalue weighted by Crippen LogP contribution is 2.12. The molecule has 0 aliphatic carbocycles. The summed E-state index contributed by atoms with van der Waals surface area (Å²) in [4.78, 5) is 16.2. The van der Waals surface area contributed by atoms with Gasteiger partial charge in [-0.1, -0.05) is 13.3 Å². The minimum Gasteiger partial charge on any atom is -0.370 e. The molecule has 0 bridgehead atoms. The smallest absolute Gasteiger partial charge is 0.255 e. The number of aromatic nitrogens is 1. The highest BCUT2D eigenvalue weighted by Gasteiger charge is 2.06. The molecule has 2 aromatic rings. The van der Waals surface area contributed by atoms with Gasteiger partial charge in [-0.3, -0.25) is 4.79 Å². The fraction of sp³-hybridized carbons (Fsp3) is 0.250. The lowest BCUT2D eigenvalue weighted by Crippen LogP contribution is -2.12. The minimum atomic E-state index is -0.365. The quantitative estimate of drug-likeness (QED) is 0.797. The Kier molecular flexibility index (Phi) is 5.26. The van der Waals surface area contributed by atoms with Crippen molar-refractivity contribution >= 4 is 17.4 Å². The van der Waals surface area contributed by atoms with Crippen molar-refractivity contribution in [3.63, 3.8) is 0 Å². The van der Waals surface area contributed by atoms with Crippen molar-refractivity contribution in [2.75, 3.05) is 17.2 Å². The number of benzene rings is 1. The summed E-state index contributed by atoms with van der Waals surface area (Å²) in [6.07, 6.45) is 3.80. The molecular weight excluding hydrogens is 269 g/mol. The fourth-order valence-electron chi connectivity index (χ4n) is 1.77. The summed E-state index contributed by atoms with van der Waals surface area (Å²) in [5.41, 5.74) is 1.01. The summed E-state index contributed by atoms with van der Waals surface area (Å²) in [5, 5.41) is 5.92. The molecule has 2 N–H and O–H groups in total. The molecule has 0 fully saturated rings. The molecule has 0 saturated carbocycles. The van der Waals surface area contributed by atoms with E-state index in [-0.39, 0.29) is 11.7 Å². The number of carbonyl (C=O) groups is 1. The van der Waals surface area contributed by atoms with Crippen LogP contribution in [-0.4, -0.2) is 17.4 Å². The summed E-state index contributed by atoms with van der Waals surface area (Å²) in [6, 6.07) is 9.00. The Balaban J connectivity index is 1.93. The molecular formula is C16H18FN3O. The molecule has 1 heterocycles. The average molecular weight is 287 g/mol. The van der Waals surface area contributed by atoms with Crippen molar-refractivity contribution in [1.82, 2.24) is 4.98 Å². The second-order valence-electron chi connectivity index (χ2n) is 4.67. The first-order valence-corrected chi connectivity index (χ1v) is 6.96. The number of rotatable bonds is 6. The SMILES string of the molecule is CCCCNc1ccc(NC(=O)c2ccc(F)cc2)cn1. The standard InChI is InChI=1S/C16H18FN3O/c1-2-3-10-18-15-9-8-14(11-19-15)20-16(21)12-4-6-13(17)7-5-12/h4-9,11H,2-3,10H2,1H3,(H,18,19)(H,20,21). The molecule has 1 aromatic carbocycles. The number of nitrogens with one attached hydrogen (secondary N) is 2. The van der Waals surface area contributed by atoms with E-state index in [1.165, 1.54) is 24.3 Å². The van der Waals surface area contributed by atoms with E-state index in [1.54, 1.807) is 12.3 Å². The molecule has 0 saturated heterocycles. The maximum Gasteiger partial charge on any atom is 0.255 e. The van der Waals surface area contributed by atoms with Gasteiger partial charge in [0.05, 0.1) is 11.9 Å². The van der Waals surface area contributed by atoms with Crippen molar-refractivity contribution in [2.24, 2.45) is 0 Å². The van der Waals surface area contributed by atoms with Gasteiger partial charge < -0.3 is 10.6 Å². The van der Waals surface area contributed by atoms with Gasteiger partial charge in [-0.2, -0.15) is 0 Å². The van der Waals surface area contributed by atoms with E-state index in [1.807, 2.05) is 6.07 Å². The lowest BCUT2D eigenvalue weighted by Gasteiger charge is -2.07. The van der Waals surface area contributed by atoms with Crippen molar-refractivity contribution in [1.29, 1.82) is 0 Å². The van der Waals surface area contributed by atoms with Crippen LogP contribution in [0, 0.1) is 5.82 Å². The summed E-state index contributed by atoms with van der Waals surface area (Å²) in [5.74, 6) is 0.127. The predicted molar refractivity (Wildman–Crippen MR) is 82.0 cm³/mol. The van der Waals surface area contributed by atoms with Gasteiger partial charge in [0.1, 0.15) is 11.6 Å². The van der Waals surface area contributed by atoms with E-state index < -0.39 is 0 Å². The molecule has 110 valence electrons. The Morgan fingerprint density at radius 2 is 1.95 bits per heavy atom. The zero-order valence-corrected chi connectivity index (χ0v) is 11.9. The molecule has 0 atom stereocenters. The van der Waals surface area contributed by atoms with Crippen LogP contribution in [0.1, 0.15) is 30.1 Å². The van der Waals surface area contributed by atoms with Crippen molar-refractivity contribution < 1.29 is 9.18 Å². The number of anilines is 2. The van der Waals surface area contributed by atoms with Gasteiger partial charge in [0, 0.05) is 12.1 Å². The van der Waals surface area contributed by atoms with E-state index in [0.717, 1.165) is 25.2 Å². The number of hydrogen-bond donors (Lipinski definition) is 2. The Morgan fingerprint density at radius 1 is 1.19 bits per heavy atom. The van der Waals surface area contributed by atoms with Crippen LogP contribution in [0.15, 0.2) is 42.6 Å². The van der Waals surface area contributed by atoms with Crippen LogP contribution < -0.4 is 10.6 Å². The molecule has 4 nitrogen and oxygen atoms in total. The Morgan fingerprint density at radius 3 is 2.57 bits per heavy atom. The zero-order valence-electron chi connectivity index (χ0n) is 11.9. The highest BCUT2D eigenvalue weighted by molar-refractivity contribution is 6.04.